The number of rotatable bonds is 7. The fourth-order valence-electron chi connectivity index (χ4n) is 2.50. The number of alkyl halides is 3. The minimum absolute atomic E-state index is 0.0194. The summed E-state index contributed by atoms with van der Waals surface area (Å²) in [5, 5.41) is -0.111. The molecule has 170 valence electrons. The Hall–Kier alpha value is -2.08. The van der Waals surface area contributed by atoms with Crippen molar-refractivity contribution in [3.63, 3.8) is 0 Å². The molecule has 0 saturated heterocycles. The minimum atomic E-state index is -4.72. The molecule has 2 unspecified atom stereocenters. The van der Waals surface area contributed by atoms with Crippen LogP contribution < -0.4 is 9.46 Å². The first-order valence-electron chi connectivity index (χ1n) is 8.70. The monoisotopic (exact) mass is 497 g/mol. The molecular formula is C19H19ClF3NO5S2. The topological polar surface area (TPSA) is 92.7 Å². The summed E-state index contributed by atoms with van der Waals surface area (Å²) in [6.45, 7) is 2.82. The van der Waals surface area contributed by atoms with E-state index in [1.165, 1.54) is 32.0 Å². The van der Waals surface area contributed by atoms with Gasteiger partial charge in [-0.05, 0) is 54.8 Å². The Bertz CT molecular complexity index is 1120. The van der Waals surface area contributed by atoms with E-state index in [-0.39, 0.29) is 32.7 Å². The number of carbonyl (C=O) groups is 1. The van der Waals surface area contributed by atoms with Gasteiger partial charge in [0.25, 0.3) is 0 Å². The quantitative estimate of drug-likeness (QED) is 0.509. The summed E-state index contributed by atoms with van der Waals surface area (Å²) in [4.78, 5) is 12.0. The molecule has 0 fully saturated rings. The summed E-state index contributed by atoms with van der Waals surface area (Å²) < 4.78 is 80.8. The molecule has 0 spiro atoms. The third-order valence-electron chi connectivity index (χ3n) is 4.24. The molecular weight excluding hydrogens is 479 g/mol. The van der Waals surface area contributed by atoms with Crippen LogP contribution in [0.5, 0.6) is 11.5 Å². The number of amides is 1. The Morgan fingerprint density at radius 3 is 2.45 bits per heavy atom. The lowest BCUT2D eigenvalue weighted by atomic mass is 9.98. The number of benzene rings is 2. The molecule has 0 saturated carbocycles. The molecule has 0 aliphatic heterocycles. The predicted octanol–water partition coefficient (Wildman–Crippen LogP) is 5.25. The molecule has 2 aromatic carbocycles. The van der Waals surface area contributed by atoms with Gasteiger partial charge >= 0.3 is 6.18 Å². The van der Waals surface area contributed by atoms with Crippen LogP contribution in [0, 0.1) is 0 Å². The second-order valence-corrected chi connectivity index (χ2v) is 10.1. The van der Waals surface area contributed by atoms with Gasteiger partial charge in [0.2, 0.25) is 5.91 Å². The van der Waals surface area contributed by atoms with Crippen molar-refractivity contribution in [2.45, 2.75) is 30.8 Å². The highest BCUT2D eigenvalue weighted by atomic mass is 35.5. The van der Waals surface area contributed by atoms with Crippen molar-refractivity contribution in [3.05, 3.63) is 52.5 Å². The number of hydrogen-bond acceptors (Lipinski definition) is 5. The summed E-state index contributed by atoms with van der Waals surface area (Å²) in [6.07, 6.45) is -4.72. The second-order valence-electron chi connectivity index (χ2n) is 6.44. The molecule has 0 aromatic heterocycles. The van der Waals surface area contributed by atoms with Gasteiger partial charge in [-0.3, -0.25) is 9.52 Å². The molecule has 0 aliphatic carbocycles. The summed E-state index contributed by atoms with van der Waals surface area (Å²) in [5.74, 6) is 0.970. The second kappa shape index (κ2) is 9.60. The van der Waals surface area contributed by atoms with Crippen LogP contribution in [0.25, 0.3) is 0 Å². The number of nitrogens with one attached hydrogen (secondary N) is 1. The molecule has 6 nitrogen and oxygen atoms in total. The lowest BCUT2D eigenvalue weighted by molar-refractivity contribution is -0.137. The Labute approximate surface area is 185 Å². The first kappa shape index (κ1) is 25.2. The van der Waals surface area contributed by atoms with E-state index in [1.54, 1.807) is 0 Å². The van der Waals surface area contributed by atoms with Crippen LogP contribution in [0.1, 0.15) is 30.9 Å². The van der Waals surface area contributed by atoms with Crippen LogP contribution in [-0.4, -0.2) is 30.5 Å². The van der Waals surface area contributed by atoms with Gasteiger partial charge in [-0.25, -0.2) is 8.42 Å². The van der Waals surface area contributed by atoms with E-state index >= 15 is 0 Å². The maximum Gasteiger partial charge on any atom is 0.416 e. The molecule has 1 amide bonds. The Kier molecular flexibility index (Phi) is 7.79. The summed E-state index contributed by atoms with van der Waals surface area (Å²) in [7, 11) is -5.21. The molecule has 2 rings (SSSR count). The molecule has 0 heterocycles. The molecule has 2 atom stereocenters. The van der Waals surface area contributed by atoms with E-state index in [0.717, 1.165) is 18.2 Å². The zero-order valence-electron chi connectivity index (χ0n) is 16.4. The maximum absolute atomic E-state index is 13.4. The van der Waals surface area contributed by atoms with E-state index in [2.05, 4.69) is 10.6 Å². The van der Waals surface area contributed by atoms with Crippen LogP contribution in [0.4, 0.5) is 13.2 Å². The minimum Gasteiger partial charge on any atom is -0.456 e. The van der Waals surface area contributed by atoms with E-state index in [0.29, 0.717) is 0 Å². The average molecular weight is 498 g/mol. The molecule has 2 aromatic rings. The fourth-order valence-corrected chi connectivity index (χ4v) is 4.10. The molecule has 12 heteroatoms. The summed E-state index contributed by atoms with van der Waals surface area (Å²) in [5.41, 5.74) is -1.08. The van der Waals surface area contributed by atoms with Gasteiger partial charge < -0.3 is 9.29 Å². The Balaban J connectivity index is 2.47. The van der Waals surface area contributed by atoms with Gasteiger partial charge in [-0.2, -0.15) is 13.2 Å². The number of ether oxygens (including phenoxy) is 1. The first-order chi connectivity index (χ1) is 14.2. The van der Waals surface area contributed by atoms with Crippen LogP contribution in [0.3, 0.4) is 0 Å². The smallest absolute Gasteiger partial charge is 0.416 e. The van der Waals surface area contributed by atoms with Crippen molar-refractivity contribution < 1.29 is 35.7 Å². The average Bonchev–Trinajstić information content (AvgIpc) is 2.67. The number of sulfone groups is 1. The Morgan fingerprint density at radius 2 is 1.94 bits per heavy atom. The van der Waals surface area contributed by atoms with Gasteiger partial charge in [0.1, 0.15) is 11.5 Å². The lowest BCUT2D eigenvalue weighted by Crippen LogP contribution is -2.23. The van der Waals surface area contributed by atoms with Crippen LogP contribution >= 0.6 is 22.6 Å². The molecule has 0 aliphatic rings. The van der Waals surface area contributed by atoms with E-state index in [9.17, 15) is 30.9 Å². The van der Waals surface area contributed by atoms with E-state index < -0.39 is 44.4 Å². The van der Waals surface area contributed by atoms with E-state index in [4.69, 9.17) is 16.3 Å². The predicted molar refractivity (Wildman–Crippen MR) is 115 cm³/mol. The molecule has 0 radical (unpaired) electrons. The van der Waals surface area contributed by atoms with Crippen molar-refractivity contribution in [2.75, 3.05) is 5.75 Å². The largest absolute Gasteiger partial charge is 0.456 e. The third-order valence-corrected chi connectivity index (χ3v) is 6.70. The van der Waals surface area contributed by atoms with Crippen LogP contribution in [0.15, 0.2) is 41.3 Å². The van der Waals surface area contributed by atoms with Gasteiger partial charge in [0.15, 0.2) is 9.84 Å². The zero-order chi connectivity index (χ0) is 23.6. The highest BCUT2D eigenvalue weighted by molar-refractivity contribution is 8.07. The van der Waals surface area contributed by atoms with Crippen molar-refractivity contribution in [2.24, 2.45) is 0 Å². The summed E-state index contributed by atoms with van der Waals surface area (Å²) in [6, 6.07) is 6.39. The van der Waals surface area contributed by atoms with Crippen molar-refractivity contribution >= 4 is 44.2 Å². The number of halogens is 4. The lowest BCUT2D eigenvalue weighted by Gasteiger charge is -2.17. The van der Waals surface area contributed by atoms with Crippen molar-refractivity contribution in [1.82, 2.24) is 4.72 Å². The Morgan fingerprint density at radius 1 is 1.29 bits per heavy atom. The third kappa shape index (κ3) is 6.45. The SMILES string of the molecule is C=S(O)NC(=O)C(C)c1cc(Oc2ccc(S(=O)(=O)CC)cc2Cl)cc(C(F)(F)F)c1. The maximum atomic E-state index is 13.4. The first-order valence-corrected chi connectivity index (χ1v) is 12.1. The number of hydrogen-bond donors (Lipinski definition) is 2. The van der Waals surface area contributed by atoms with Gasteiger partial charge in [-0.15, -0.1) is 0 Å². The van der Waals surface area contributed by atoms with Crippen molar-refractivity contribution in [3.8, 4) is 11.5 Å². The van der Waals surface area contributed by atoms with Gasteiger partial charge in [0.05, 0.1) is 27.2 Å². The molecule has 31 heavy (non-hydrogen) atoms. The van der Waals surface area contributed by atoms with E-state index in [1.807, 2.05) is 0 Å². The highest BCUT2D eigenvalue weighted by Gasteiger charge is 2.32. The van der Waals surface area contributed by atoms with Gasteiger partial charge in [-0.1, -0.05) is 18.5 Å². The molecule has 2 N–H and O–H groups in total. The van der Waals surface area contributed by atoms with Crippen LogP contribution in [0.2, 0.25) is 5.02 Å². The molecule has 0 bridgehead atoms. The van der Waals surface area contributed by atoms with Gasteiger partial charge in [0, 0.05) is 11.0 Å². The fraction of sp³-hybridized carbons (Fsp3) is 0.263. The van der Waals surface area contributed by atoms with Crippen molar-refractivity contribution in [1.29, 1.82) is 0 Å². The standard InChI is InChI=1S/C19H19ClF3NO5S2/c1-4-31(27,28)15-5-6-17(16(20)10-15)29-14-8-12(7-13(9-14)19(21,22)23)11(2)18(25)24-30(3)26/h5-11,26H,3-4H2,1-2H3,(H,24,25). The normalized spacial score (nSPS) is 14.0. The summed E-state index contributed by atoms with van der Waals surface area (Å²) >= 11 is 6.07. The zero-order valence-corrected chi connectivity index (χ0v) is 18.8. The number of carbonyl (C=O) groups excluding carboxylic acids is 1. The highest BCUT2D eigenvalue weighted by Crippen LogP contribution is 2.38. The van der Waals surface area contributed by atoms with Crippen LogP contribution in [-0.2, 0) is 20.8 Å².